The quantitative estimate of drug-likeness (QED) is 0.850. The molecular formula is C10H17N3OS. The first kappa shape index (κ1) is 11.0. The Bertz CT molecular complexity index is 315. The Labute approximate surface area is 93.8 Å². The van der Waals surface area contributed by atoms with Gasteiger partial charge in [-0.05, 0) is 32.7 Å². The van der Waals surface area contributed by atoms with E-state index in [0.717, 1.165) is 35.7 Å². The molecule has 2 heterocycles. The van der Waals surface area contributed by atoms with Gasteiger partial charge in [0.25, 0.3) is 0 Å². The molecule has 0 aromatic carbocycles. The van der Waals surface area contributed by atoms with Crippen LogP contribution >= 0.6 is 11.3 Å². The molecule has 1 aromatic heterocycles. The zero-order chi connectivity index (χ0) is 10.7. The largest absolute Gasteiger partial charge is 0.368 e. The summed E-state index contributed by atoms with van der Waals surface area (Å²) in [6.07, 6.45) is 4.68. The lowest BCUT2D eigenvalue weighted by molar-refractivity contribution is 0.0550. The van der Waals surface area contributed by atoms with Crippen molar-refractivity contribution >= 4 is 11.3 Å². The Kier molecular flexibility index (Phi) is 3.66. The predicted molar refractivity (Wildman–Crippen MR) is 59.8 cm³/mol. The van der Waals surface area contributed by atoms with Crippen molar-refractivity contribution in [2.24, 2.45) is 5.73 Å². The van der Waals surface area contributed by atoms with E-state index in [1.165, 1.54) is 0 Å². The van der Waals surface area contributed by atoms with Gasteiger partial charge in [-0.1, -0.05) is 11.3 Å². The van der Waals surface area contributed by atoms with Gasteiger partial charge in [-0.3, -0.25) is 0 Å². The summed E-state index contributed by atoms with van der Waals surface area (Å²) in [6.45, 7) is 2.82. The van der Waals surface area contributed by atoms with Crippen molar-refractivity contribution in [2.45, 2.75) is 44.8 Å². The molecule has 4 nitrogen and oxygen atoms in total. The first-order valence-electron chi connectivity index (χ1n) is 5.47. The van der Waals surface area contributed by atoms with Gasteiger partial charge in [0.15, 0.2) is 0 Å². The first-order chi connectivity index (χ1) is 7.29. The van der Waals surface area contributed by atoms with Gasteiger partial charge in [-0.25, -0.2) is 0 Å². The van der Waals surface area contributed by atoms with Crippen LogP contribution in [0.5, 0.6) is 0 Å². The molecule has 0 bridgehead atoms. The Balaban J connectivity index is 1.94. The second-order valence-corrected chi connectivity index (χ2v) is 5.03. The normalized spacial score (nSPS) is 26.0. The van der Waals surface area contributed by atoms with Gasteiger partial charge in [-0.15, -0.1) is 10.2 Å². The average Bonchev–Trinajstić information content (AvgIpc) is 2.83. The second kappa shape index (κ2) is 5.01. The van der Waals surface area contributed by atoms with Gasteiger partial charge >= 0.3 is 0 Å². The summed E-state index contributed by atoms with van der Waals surface area (Å²) in [5.74, 6) is 0. The minimum absolute atomic E-state index is 0.184. The Hall–Kier alpha value is -0.520. The Morgan fingerprint density at radius 1 is 1.47 bits per heavy atom. The SMILES string of the molecule is CC1CCC(c2nnc(CCCN)s2)O1. The number of hydrogen-bond acceptors (Lipinski definition) is 5. The average molecular weight is 227 g/mol. The fraction of sp³-hybridized carbons (Fsp3) is 0.800. The third-order valence-corrected chi connectivity index (χ3v) is 3.66. The van der Waals surface area contributed by atoms with Crippen LogP contribution in [0.15, 0.2) is 0 Å². The number of aromatic nitrogens is 2. The molecule has 84 valence electrons. The molecular weight excluding hydrogens is 210 g/mol. The van der Waals surface area contributed by atoms with Gasteiger partial charge in [0.2, 0.25) is 0 Å². The monoisotopic (exact) mass is 227 g/mol. The highest BCUT2D eigenvalue weighted by molar-refractivity contribution is 7.11. The van der Waals surface area contributed by atoms with E-state index >= 15 is 0 Å². The molecule has 2 unspecified atom stereocenters. The van der Waals surface area contributed by atoms with E-state index < -0.39 is 0 Å². The fourth-order valence-electron chi connectivity index (χ4n) is 1.74. The van der Waals surface area contributed by atoms with E-state index in [1.807, 2.05) is 0 Å². The molecule has 2 N–H and O–H groups in total. The molecule has 1 saturated heterocycles. The first-order valence-corrected chi connectivity index (χ1v) is 6.29. The Morgan fingerprint density at radius 2 is 2.33 bits per heavy atom. The third-order valence-electron chi connectivity index (χ3n) is 2.58. The maximum absolute atomic E-state index is 5.75. The van der Waals surface area contributed by atoms with Crippen LogP contribution < -0.4 is 5.73 Å². The molecule has 0 amide bonds. The van der Waals surface area contributed by atoms with Crippen molar-refractivity contribution in [3.8, 4) is 0 Å². The number of ether oxygens (including phenoxy) is 1. The van der Waals surface area contributed by atoms with Crippen molar-refractivity contribution in [1.82, 2.24) is 10.2 Å². The minimum Gasteiger partial charge on any atom is -0.368 e. The molecule has 2 atom stereocenters. The van der Waals surface area contributed by atoms with Crippen LogP contribution in [0.4, 0.5) is 0 Å². The van der Waals surface area contributed by atoms with Crippen molar-refractivity contribution < 1.29 is 4.74 Å². The van der Waals surface area contributed by atoms with Crippen molar-refractivity contribution in [3.63, 3.8) is 0 Å². The molecule has 0 saturated carbocycles. The van der Waals surface area contributed by atoms with E-state index in [-0.39, 0.29) is 6.10 Å². The third kappa shape index (κ3) is 2.74. The number of nitrogens with two attached hydrogens (primary N) is 1. The fourth-order valence-corrected chi connectivity index (χ4v) is 2.69. The number of hydrogen-bond donors (Lipinski definition) is 1. The summed E-state index contributed by atoms with van der Waals surface area (Å²) in [7, 11) is 0. The molecule has 0 aliphatic carbocycles. The van der Waals surface area contributed by atoms with Crippen LogP contribution in [-0.4, -0.2) is 22.8 Å². The van der Waals surface area contributed by atoms with Crippen LogP contribution in [0.2, 0.25) is 0 Å². The highest BCUT2D eigenvalue weighted by Crippen LogP contribution is 2.33. The molecule has 15 heavy (non-hydrogen) atoms. The summed E-state index contributed by atoms with van der Waals surface area (Å²) in [4.78, 5) is 0. The number of rotatable bonds is 4. The highest BCUT2D eigenvalue weighted by Gasteiger charge is 2.26. The maximum atomic E-state index is 5.75. The maximum Gasteiger partial charge on any atom is 0.146 e. The van der Waals surface area contributed by atoms with E-state index in [9.17, 15) is 0 Å². The summed E-state index contributed by atoms with van der Waals surface area (Å²) in [6, 6.07) is 0. The van der Waals surface area contributed by atoms with Crippen molar-refractivity contribution in [1.29, 1.82) is 0 Å². The standard InChI is InChI=1S/C10H17N3OS/c1-7-4-5-8(14-7)10-13-12-9(15-10)3-2-6-11/h7-8H,2-6,11H2,1H3. The second-order valence-electron chi connectivity index (χ2n) is 3.94. The highest BCUT2D eigenvalue weighted by atomic mass is 32.1. The molecule has 2 rings (SSSR count). The lowest BCUT2D eigenvalue weighted by atomic mass is 10.2. The van der Waals surface area contributed by atoms with Crippen LogP contribution in [0, 0.1) is 0 Å². The molecule has 0 radical (unpaired) electrons. The zero-order valence-corrected chi connectivity index (χ0v) is 9.80. The molecule has 5 heteroatoms. The molecule has 1 aromatic rings. The lowest BCUT2D eigenvalue weighted by Crippen LogP contribution is -2.00. The number of nitrogens with zero attached hydrogens (tertiary/aromatic N) is 2. The van der Waals surface area contributed by atoms with Gasteiger partial charge in [-0.2, -0.15) is 0 Å². The van der Waals surface area contributed by atoms with Gasteiger partial charge in [0.1, 0.15) is 16.1 Å². The van der Waals surface area contributed by atoms with E-state index in [2.05, 4.69) is 17.1 Å². The minimum atomic E-state index is 0.184. The Morgan fingerprint density at radius 3 is 3.00 bits per heavy atom. The predicted octanol–water partition coefficient (Wildman–Crippen LogP) is 1.67. The van der Waals surface area contributed by atoms with E-state index in [1.54, 1.807) is 11.3 Å². The lowest BCUT2D eigenvalue weighted by Gasteiger charge is -2.05. The number of aryl methyl sites for hydroxylation is 1. The van der Waals surface area contributed by atoms with Crippen molar-refractivity contribution in [3.05, 3.63) is 10.0 Å². The van der Waals surface area contributed by atoms with Gasteiger partial charge in [0.05, 0.1) is 6.10 Å². The summed E-state index contributed by atoms with van der Waals surface area (Å²) >= 11 is 1.67. The van der Waals surface area contributed by atoms with E-state index in [4.69, 9.17) is 10.5 Å². The smallest absolute Gasteiger partial charge is 0.146 e. The summed E-state index contributed by atoms with van der Waals surface area (Å²) in [5.41, 5.74) is 5.46. The zero-order valence-electron chi connectivity index (χ0n) is 8.98. The summed E-state index contributed by atoms with van der Waals surface area (Å²) < 4.78 is 5.75. The molecule has 0 spiro atoms. The van der Waals surface area contributed by atoms with Crippen molar-refractivity contribution in [2.75, 3.05) is 6.54 Å². The summed E-state index contributed by atoms with van der Waals surface area (Å²) in [5, 5.41) is 10.5. The van der Waals surface area contributed by atoms with Gasteiger partial charge in [0, 0.05) is 6.42 Å². The van der Waals surface area contributed by atoms with Crippen LogP contribution in [0.1, 0.15) is 42.3 Å². The van der Waals surface area contributed by atoms with E-state index in [0.29, 0.717) is 12.6 Å². The topological polar surface area (TPSA) is 61.0 Å². The van der Waals surface area contributed by atoms with Gasteiger partial charge < -0.3 is 10.5 Å². The molecule has 1 fully saturated rings. The van der Waals surface area contributed by atoms with Crippen LogP contribution in [-0.2, 0) is 11.2 Å². The molecule has 1 aliphatic heterocycles. The molecule has 1 aliphatic rings. The van der Waals surface area contributed by atoms with Crippen LogP contribution in [0.25, 0.3) is 0 Å². The van der Waals surface area contributed by atoms with Crippen LogP contribution in [0.3, 0.4) is 0 Å².